The van der Waals surface area contributed by atoms with Crippen molar-refractivity contribution in [3.8, 4) is 0 Å². The van der Waals surface area contributed by atoms with E-state index < -0.39 is 0 Å². The summed E-state index contributed by atoms with van der Waals surface area (Å²) >= 11 is 7.18. The molecule has 0 spiro atoms. The number of nitrogens with zero attached hydrogens (tertiary/aromatic N) is 2. The zero-order chi connectivity index (χ0) is 22.2. The second-order valence-electron chi connectivity index (χ2n) is 7.88. The van der Waals surface area contributed by atoms with Gasteiger partial charge in [0.15, 0.2) is 0 Å². The number of nitrogens with one attached hydrogen (secondary N) is 2. The van der Waals surface area contributed by atoms with Crippen LogP contribution in [0, 0.1) is 10.7 Å². The fraction of sp³-hybridized carbons (Fsp3) is 0.200. The van der Waals surface area contributed by atoms with Crippen molar-refractivity contribution >= 4 is 114 Å². The Balaban J connectivity index is 0.00000259. The molecular formula is C25H21I3N4Zn. The molecule has 8 heteroatoms. The predicted molar refractivity (Wildman–Crippen MR) is 160 cm³/mol. The zero-order valence-corrected chi connectivity index (χ0v) is 27.6. The van der Waals surface area contributed by atoms with Gasteiger partial charge in [-0.15, -0.1) is 0 Å². The molecule has 0 unspecified atom stereocenters. The second-order valence-corrected chi connectivity index (χ2v) is 11.1. The molecule has 4 nitrogen and oxygen atoms in total. The van der Waals surface area contributed by atoms with E-state index in [0.29, 0.717) is 0 Å². The predicted octanol–water partition coefficient (Wildman–Crippen LogP) is 8.20. The summed E-state index contributed by atoms with van der Waals surface area (Å²) in [5.41, 5.74) is 9.71. The number of aromatic nitrogens is 4. The van der Waals surface area contributed by atoms with Crippen LogP contribution in [-0.2, 0) is 25.9 Å². The molecule has 0 atom stereocenters. The molecule has 0 saturated heterocycles. The molecule has 0 fully saturated rings. The summed E-state index contributed by atoms with van der Waals surface area (Å²) in [6, 6.07) is 8.60. The van der Waals surface area contributed by atoms with Gasteiger partial charge in [0.2, 0.25) is 0 Å². The van der Waals surface area contributed by atoms with Crippen molar-refractivity contribution in [2.45, 2.75) is 32.6 Å². The molecule has 2 aliphatic rings. The minimum atomic E-state index is 0. The van der Waals surface area contributed by atoms with Crippen LogP contribution >= 0.6 is 67.8 Å². The normalized spacial score (nSPS) is 12.2. The Morgan fingerprint density at radius 2 is 1.06 bits per heavy atom. The number of rotatable bonds is 4. The van der Waals surface area contributed by atoms with Gasteiger partial charge in [0, 0.05) is 30.6 Å². The molecule has 8 bridgehead atoms. The smallest absolute Gasteiger partial charge is 0.0792 e. The van der Waals surface area contributed by atoms with E-state index in [1.165, 1.54) is 18.4 Å². The molecule has 2 aliphatic heterocycles. The van der Waals surface area contributed by atoms with E-state index in [-0.39, 0.29) is 19.5 Å². The third kappa shape index (κ3) is 5.18. The Kier molecular flexibility index (Phi) is 8.50. The second kappa shape index (κ2) is 11.0. The van der Waals surface area contributed by atoms with Gasteiger partial charge in [-0.25, -0.2) is 9.97 Å². The molecule has 0 aliphatic carbocycles. The van der Waals surface area contributed by atoms with Crippen LogP contribution in [0.2, 0.25) is 0 Å². The number of H-pyrrole nitrogens is 2. The fourth-order valence-corrected chi connectivity index (χ4v) is 5.82. The average Bonchev–Trinajstić information content (AvgIpc) is 3.61. The molecule has 0 radical (unpaired) electrons. The summed E-state index contributed by atoms with van der Waals surface area (Å²) in [4.78, 5) is 17.2. The molecule has 164 valence electrons. The summed E-state index contributed by atoms with van der Waals surface area (Å²) in [5, 5.41) is 0. The van der Waals surface area contributed by atoms with E-state index >= 15 is 0 Å². The topological polar surface area (TPSA) is 57.4 Å². The first-order chi connectivity index (χ1) is 15.5. The Bertz CT molecular complexity index is 1430. The maximum absolute atomic E-state index is 5.05. The number of hydrogen-bond donors (Lipinski definition) is 2. The SMILES string of the molecule is CCCCCc1c2nc(c(I)c3ccc([nH]3)c(I)c3nc(c(I)c4ccc1[nH]4)C=C3)C=C2.[Zn]. The van der Waals surface area contributed by atoms with Gasteiger partial charge in [-0.3, -0.25) is 0 Å². The molecule has 0 amide bonds. The van der Waals surface area contributed by atoms with Crippen molar-refractivity contribution < 1.29 is 19.5 Å². The minimum Gasteiger partial charge on any atom is -0.354 e. The first-order valence-electron chi connectivity index (χ1n) is 10.7. The van der Waals surface area contributed by atoms with Gasteiger partial charge in [0.1, 0.15) is 0 Å². The fourth-order valence-electron chi connectivity index (χ4n) is 3.98. The standard InChI is InChI=1S/C25H21I3N4.Zn/c1-2-3-4-5-14-15-6-8-17(29-15)23(26)19-10-12-21(31-19)25(28)22-13-11-20(32-22)24(27)18-9-7-16(14)30-18;/h6-13,29,32H,2-5H2,1H3;. The third-order valence-electron chi connectivity index (χ3n) is 5.70. The van der Waals surface area contributed by atoms with Gasteiger partial charge in [-0.2, -0.15) is 0 Å². The number of hydrogen-bond acceptors (Lipinski definition) is 2. The van der Waals surface area contributed by atoms with Gasteiger partial charge in [0.05, 0.1) is 50.0 Å². The summed E-state index contributed by atoms with van der Waals surface area (Å²) < 4.78 is 3.35. The van der Waals surface area contributed by atoms with Crippen molar-refractivity contribution in [1.82, 2.24) is 19.9 Å². The summed E-state index contributed by atoms with van der Waals surface area (Å²) in [7, 11) is 0. The van der Waals surface area contributed by atoms with Gasteiger partial charge in [-0.1, -0.05) is 19.8 Å². The van der Waals surface area contributed by atoms with Crippen LogP contribution in [0.25, 0.3) is 46.4 Å². The molecule has 3 aromatic heterocycles. The molecule has 5 heterocycles. The Morgan fingerprint density at radius 1 is 0.636 bits per heavy atom. The average molecular weight is 824 g/mol. The molecule has 5 rings (SSSR count). The van der Waals surface area contributed by atoms with Crippen LogP contribution < -0.4 is 0 Å². The van der Waals surface area contributed by atoms with Gasteiger partial charge in [0.25, 0.3) is 0 Å². The van der Waals surface area contributed by atoms with Crippen LogP contribution in [0.3, 0.4) is 0 Å². The first-order valence-corrected chi connectivity index (χ1v) is 13.9. The van der Waals surface area contributed by atoms with E-state index in [2.05, 4.69) is 133 Å². The van der Waals surface area contributed by atoms with E-state index in [1.54, 1.807) is 0 Å². The summed E-state index contributed by atoms with van der Waals surface area (Å²) in [6.07, 6.45) is 13.1. The monoisotopic (exact) mass is 822 g/mol. The Labute approximate surface area is 246 Å². The Morgan fingerprint density at radius 3 is 1.58 bits per heavy atom. The first kappa shape index (κ1) is 25.5. The van der Waals surface area contributed by atoms with Crippen LogP contribution in [0.15, 0.2) is 24.3 Å². The van der Waals surface area contributed by atoms with Crippen LogP contribution in [-0.4, -0.2) is 19.9 Å². The molecule has 3 aromatic rings. The minimum absolute atomic E-state index is 0. The molecule has 33 heavy (non-hydrogen) atoms. The number of aryl methyl sites for hydroxylation is 1. The van der Waals surface area contributed by atoms with Crippen molar-refractivity contribution in [3.63, 3.8) is 0 Å². The molecule has 0 saturated carbocycles. The number of unbranched alkanes of at least 4 members (excludes halogenated alkanes) is 2. The molecular weight excluding hydrogens is 802 g/mol. The molecule has 2 N–H and O–H groups in total. The van der Waals surface area contributed by atoms with Gasteiger partial charge in [-0.05, 0) is 129 Å². The van der Waals surface area contributed by atoms with Crippen LogP contribution in [0.4, 0.5) is 0 Å². The van der Waals surface area contributed by atoms with Gasteiger partial charge >= 0.3 is 0 Å². The number of halogens is 3. The van der Waals surface area contributed by atoms with Crippen LogP contribution in [0.5, 0.6) is 0 Å². The van der Waals surface area contributed by atoms with Crippen molar-refractivity contribution in [1.29, 1.82) is 0 Å². The number of aromatic amines is 2. The Hall–Kier alpha value is -0.587. The number of fused-ring (bicyclic) bond motifs is 8. The summed E-state index contributed by atoms with van der Waals surface area (Å²) in [6.45, 7) is 2.24. The van der Waals surface area contributed by atoms with Crippen LogP contribution in [0.1, 0.15) is 54.5 Å². The quantitative estimate of drug-likeness (QED) is 0.109. The van der Waals surface area contributed by atoms with Gasteiger partial charge < -0.3 is 9.97 Å². The van der Waals surface area contributed by atoms with Crippen molar-refractivity contribution in [2.75, 3.05) is 0 Å². The largest absolute Gasteiger partial charge is 0.354 e. The van der Waals surface area contributed by atoms with E-state index in [1.807, 2.05) is 0 Å². The van der Waals surface area contributed by atoms with Crippen molar-refractivity contribution in [2.24, 2.45) is 0 Å². The van der Waals surface area contributed by atoms with Crippen molar-refractivity contribution in [3.05, 3.63) is 63.3 Å². The summed E-state index contributed by atoms with van der Waals surface area (Å²) in [5.74, 6) is 0. The zero-order valence-electron chi connectivity index (χ0n) is 18.2. The van der Waals surface area contributed by atoms with E-state index in [0.717, 1.165) is 68.4 Å². The maximum atomic E-state index is 5.05. The maximum Gasteiger partial charge on any atom is 0.0792 e. The van der Waals surface area contributed by atoms with E-state index in [4.69, 9.17) is 9.97 Å². The van der Waals surface area contributed by atoms with E-state index in [9.17, 15) is 0 Å². The molecule has 0 aromatic carbocycles. The third-order valence-corrected chi connectivity index (χ3v) is 9.10.